The van der Waals surface area contributed by atoms with E-state index in [1.54, 1.807) is 0 Å². The number of amides is 1. The highest BCUT2D eigenvalue weighted by Crippen LogP contribution is 2.32. The summed E-state index contributed by atoms with van der Waals surface area (Å²) in [6.45, 7) is 14.8. The Morgan fingerprint density at radius 2 is 1.43 bits per heavy atom. The Morgan fingerprint density at radius 3 is 1.97 bits per heavy atom. The van der Waals surface area contributed by atoms with Crippen molar-refractivity contribution >= 4 is 6.09 Å². The van der Waals surface area contributed by atoms with Gasteiger partial charge in [0.2, 0.25) is 0 Å². The van der Waals surface area contributed by atoms with Crippen molar-refractivity contribution in [2.45, 2.75) is 71.3 Å². The standard InChI is InChI=1S/C31H46N4O2/c1-23(26-12-8-6-9-13-26)33-18-16-25(20-33)21-35(30(36)37-31(3,4)5)29(32)28-17-19-34(22-28)24(2)27-14-10-7-11-15-27/h6-15,23-25,28-29H,16-22,32H2,1-5H3. The third kappa shape index (κ3) is 7.13. The third-order valence-corrected chi connectivity index (χ3v) is 8.16. The summed E-state index contributed by atoms with van der Waals surface area (Å²) in [4.78, 5) is 20.3. The van der Waals surface area contributed by atoms with Gasteiger partial charge in [0.25, 0.3) is 0 Å². The molecule has 1 amide bonds. The molecule has 2 aromatic carbocycles. The lowest BCUT2D eigenvalue weighted by Gasteiger charge is -2.36. The van der Waals surface area contributed by atoms with Gasteiger partial charge in [0.1, 0.15) is 5.60 Å². The minimum Gasteiger partial charge on any atom is -0.444 e. The first-order valence-electron chi connectivity index (χ1n) is 14.0. The van der Waals surface area contributed by atoms with Crippen LogP contribution >= 0.6 is 0 Å². The molecule has 5 atom stereocenters. The molecule has 0 aromatic heterocycles. The second kappa shape index (κ2) is 12.0. The lowest BCUT2D eigenvalue weighted by molar-refractivity contribution is 0.00636. The van der Waals surface area contributed by atoms with Crippen molar-refractivity contribution in [3.05, 3.63) is 71.8 Å². The fourth-order valence-corrected chi connectivity index (χ4v) is 5.87. The number of rotatable bonds is 8. The molecule has 0 radical (unpaired) electrons. The SMILES string of the molecule is CC(c1ccccc1)N1CCC(CN(C(=O)OC(C)(C)C)C(N)C2CCN(C(C)c3ccccc3)C2)C1. The molecule has 5 unspecified atom stereocenters. The van der Waals surface area contributed by atoms with Crippen molar-refractivity contribution in [1.82, 2.24) is 14.7 Å². The molecular weight excluding hydrogens is 460 g/mol. The van der Waals surface area contributed by atoms with Crippen LogP contribution in [0.25, 0.3) is 0 Å². The van der Waals surface area contributed by atoms with Crippen LogP contribution in [0.5, 0.6) is 0 Å². The molecule has 0 spiro atoms. The Bertz CT molecular complexity index is 993. The zero-order valence-electron chi connectivity index (χ0n) is 23.3. The van der Waals surface area contributed by atoms with E-state index in [2.05, 4.69) is 84.3 Å². The zero-order valence-corrected chi connectivity index (χ0v) is 23.3. The summed E-state index contributed by atoms with van der Waals surface area (Å²) in [5, 5.41) is 0. The summed E-state index contributed by atoms with van der Waals surface area (Å²) in [5.41, 5.74) is 8.99. The largest absolute Gasteiger partial charge is 0.444 e. The lowest BCUT2D eigenvalue weighted by Crippen LogP contribution is -2.54. The van der Waals surface area contributed by atoms with Crippen molar-refractivity contribution < 1.29 is 9.53 Å². The summed E-state index contributed by atoms with van der Waals surface area (Å²) in [7, 11) is 0. The van der Waals surface area contributed by atoms with Crippen molar-refractivity contribution in [2.24, 2.45) is 17.6 Å². The minimum absolute atomic E-state index is 0.222. The molecule has 6 heteroatoms. The third-order valence-electron chi connectivity index (χ3n) is 8.16. The van der Waals surface area contributed by atoms with E-state index in [1.165, 1.54) is 11.1 Å². The van der Waals surface area contributed by atoms with Crippen LogP contribution in [0, 0.1) is 11.8 Å². The average molecular weight is 507 g/mol. The Balaban J connectivity index is 1.42. The molecule has 0 bridgehead atoms. The van der Waals surface area contributed by atoms with E-state index in [0.29, 0.717) is 24.5 Å². The number of hydrogen-bond donors (Lipinski definition) is 1. The molecule has 37 heavy (non-hydrogen) atoms. The molecule has 2 aliphatic heterocycles. The van der Waals surface area contributed by atoms with E-state index in [-0.39, 0.29) is 18.2 Å². The highest BCUT2D eigenvalue weighted by atomic mass is 16.6. The minimum atomic E-state index is -0.553. The van der Waals surface area contributed by atoms with E-state index in [1.807, 2.05) is 25.7 Å². The normalized spacial score (nSPS) is 23.5. The second-order valence-electron chi connectivity index (χ2n) is 12.0. The molecule has 2 saturated heterocycles. The Labute approximate surface area is 223 Å². The van der Waals surface area contributed by atoms with Gasteiger partial charge in [0.15, 0.2) is 0 Å². The van der Waals surface area contributed by atoms with Crippen LogP contribution in [0.15, 0.2) is 60.7 Å². The maximum atomic E-state index is 13.4. The molecule has 0 saturated carbocycles. The highest BCUT2D eigenvalue weighted by Gasteiger charge is 2.38. The van der Waals surface area contributed by atoms with Gasteiger partial charge >= 0.3 is 6.09 Å². The molecule has 4 rings (SSSR count). The van der Waals surface area contributed by atoms with Crippen molar-refractivity contribution in [1.29, 1.82) is 0 Å². The fourth-order valence-electron chi connectivity index (χ4n) is 5.87. The van der Waals surface area contributed by atoms with Gasteiger partial charge in [-0.1, -0.05) is 60.7 Å². The summed E-state index contributed by atoms with van der Waals surface area (Å²) < 4.78 is 5.86. The first kappa shape index (κ1) is 27.6. The van der Waals surface area contributed by atoms with Crippen LogP contribution in [0.4, 0.5) is 4.79 Å². The van der Waals surface area contributed by atoms with E-state index in [0.717, 1.165) is 39.0 Å². The maximum Gasteiger partial charge on any atom is 0.411 e. The summed E-state index contributed by atoms with van der Waals surface area (Å²) in [6.07, 6.45) is 1.40. The van der Waals surface area contributed by atoms with Crippen LogP contribution in [0.3, 0.4) is 0 Å². The molecule has 2 aliphatic rings. The van der Waals surface area contributed by atoms with E-state index >= 15 is 0 Å². The van der Waals surface area contributed by atoms with Crippen LogP contribution in [0.1, 0.15) is 70.7 Å². The fraction of sp³-hybridized carbons (Fsp3) is 0.581. The van der Waals surface area contributed by atoms with Crippen molar-refractivity contribution in [2.75, 3.05) is 32.7 Å². The number of nitrogens with two attached hydrogens (primary N) is 1. The molecule has 2 N–H and O–H groups in total. The molecule has 0 aliphatic carbocycles. The van der Waals surface area contributed by atoms with Crippen LogP contribution in [-0.2, 0) is 4.74 Å². The van der Waals surface area contributed by atoms with Gasteiger partial charge in [0.05, 0.1) is 6.17 Å². The van der Waals surface area contributed by atoms with Gasteiger partial charge in [-0.25, -0.2) is 4.79 Å². The summed E-state index contributed by atoms with van der Waals surface area (Å²) in [5.74, 6) is 0.602. The molecule has 202 valence electrons. The molecule has 2 fully saturated rings. The van der Waals surface area contributed by atoms with Gasteiger partial charge in [-0.3, -0.25) is 14.7 Å². The molecule has 2 heterocycles. The lowest BCUT2D eigenvalue weighted by atomic mass is 10.0. The number of carbonyl (C=O) groups excluding carboxylic acids is 1. The van der Waals surface area contributed by atoms with Crippen LogP contribution in [-0.4, -0.2) is 65.3 Å². The van der Waals surface area contributed by atoms with E-state index in [4.69, 9.17) is 10.5 Å². The predicted molar refractivity (Wildman–Crippen MR) is 150 cm³/mol. The Kier molecular flexibility index (Phi) is 8.94. The predicted octanol–water partition coefficient (Wildman–Crippen LogP) is 5.67. The first-order chi connectivity index (χ1) is 17.6. The van der Waals surface area contributed by atoms with E-state index in [9.17, 15) is 4.79 Å². The topological polar surface area (TPSA) is 62.0 Å². The number of carbonyl (C=O) groups is 1. The number of ether oxygens (including phenoxy) is 1. The molecule has 6 nitrogen and oxygen atoms in total. The highest BCUT2D eigenvalue weighted by molar-refractivity contribution is 5.68. The van der Waals surface area contributed by atoms with Crippen LogP contribution in [0.2, 0.25) is 0 Å². The van der Waals surface area contributed by atoms with Gasteiger partial charge in [0, 0.05) is 37.6 Å². The van der Waals surface area contributed by atoms with Gasteiger partial charge in [-0.05, 0) is 77.6 Å². The van der Waals surface area contributed by atoms with E-state index < -0.39 is 5.60 Å². The second-order valence-corrected chi connectivity index (χ2v) is 12.0. The number of hydrogen-bond acceptors (Lipinski definition) is 5. The number of benzene rings is 2. The Morgan fingerprint density at radius 1 is 0.919 bits per heavy atom. The average Bonchev–Trinajstić information content (AvgIpc) is 3.56. The van der Waals surface area contributed by atoms with Gasteiger partial charge in [-0.2, -0.15) is 0 Å². The quantitative estimate of drug-likeness (QED) is 0.467. The summed E-state index contributed by atoms with van der Waals surface area (Å²) in [6, 6.07) is 22.0. The first-order valence-corrected chi connectivity index (χ1v) is 14.0. The van der Waals surface area contributed by atoms with Gasteiger partial charge in [-0.15, -0.1) is 0 Å². The van der Waals surface area contributed by atoms with Crippen LogP contribution < -0.4 is 5.73 Å². The number of likely N-dealkylation sites (tertiary alicyclic amines) is 2. The maximum absolute atomic E-state index is 13.4. The van der Waals surface area contributed by atoms with Crippen molar-refractivity contribution in [3.63, 3.8) is 0 Å². The Hall–Kier alpha value is -2.41. The number of nitrogens with zero attached hydrogens (tertiary/aromatic N) is 3. The molecular formula is C31H46N4O2. The van der Waals surface area contributed by atoms with Gasteiger partial charge < -0.3 is 10.5 Å². The monoisotopic (exact) mass is 506 g/mol. The van der Waals surface area contributed by atoms with Crippen molar-refractivity contribution in [3.8, 4) is 0 Å². The summed E-state index contributed by atoms with van der Waals surface area (Å²) >= 11 is 0. The zero-order chi connectivity index (χ0) is 26.6. The molecule has 2 aromatic rings. The smallest absolute Gasteiger partial charge is 0.411 e.